The van der Waals surface area contributed by atoms with Gasteiger partial charge in [0, 0.05) is 13.0 Å². The minimum Gasteiger partial charge on any atom is -0.393 e. The first-order chi connectivity index (χ1) is 13.4. The molecule has 1 atom stereocenters. The van der Waals surface area contributed by atoms with Gasteiger partial charge in [-0.1, -0.05) is 54.6 Å². The smallest absolute Gasteiger partial charge is 0.294 e. The molecule has 0 aliphatic carbocycles. The maximum Gasteiger partial charge on any atom is 0.294 e. The summed E-state index contributed by atoms with van der Waals surface area (Å²) >= 11 is 0. The quantitative estimate of drug-likeness (QED) is 0.506. The van der Waals surface area contributed by atoms with Gasteiger partial charge in [0.25, 0.3) is 10.1 Å². The number of fused-ring (bicyclic) bond motifs is 1. The minimum atomic E-state index is -4.37. The third-order valence-corrected chi connectivity index (χ3v) is 5.89. The average Bonchev–Trinajstić information content (AvgIpc) is 2.67. The number of nitrogens with one attached hydrogen (secondary N) is 1. The molecule has 3 N–H and O–H groups in total. The first-order valence-electron chi connectivity index (χ1n) is 9.27. The van der Waals surface area contributed by atoms with Crippen molar-refractivity contribution in [3.8, 4) is 0 Å². The van der Waals surface area contributed by atoms with Crippen molar-refractivity contribution in [2.24, 2.45) is 0 Å². The van der Waals surface area contributed by atoms with Gasteiger partial charge in [0.15, 0.2) is 0 Å². The molecule has 0 radical (unpaired) electrons. The third-order valence-electron chi connectivity index (χ3n) is 4.95. The second-order valence-electron chi connectivity index (χ2n) is 6.93. The number of benzene rings is 3. The zero-order valence-corrected chi connectivity index (χ0v) is 16.6. The van der Waals surface area contributed by atoms with Gasteiger partial charge in [0.2, 0.25) is 0 Å². The summed E-state index contributed by atoms with van der Waals surface area (Å²) in [4.78, 5) is -0.138. The Labute approximate surface area is 165 Å². The summed E-state index contributed by atoms with van der Waals surface area (Å²) < 4.78 is 33.3. The fourth-order valence-corrected chi connectivity index (χ4v) is 4.34. The van der Waals surface area contributed by atoms with Crippen LogP contribution in [-0.4, -0.2) is 31.2 Å². The molecule has 5 nitrogen and oxygen atoms in total. The summed E-state index contributed by atoms with van der Waals surface area (Å²) in [7, 11) is -2.48. The van der Waals surface area contributed by atoms with Crippen LogP contribution in [0.1, 0.15) is 23.1 Å². The number of aliphatic hydroxyl groups excluding tert-OH is 1. The first kappa shape index (κ1) is 20.5. The van der Waals surface area contributed by atoms with E-state index in [0.717, 1.165) is 22.9 Å². The summed E-state index contributed by atoms with van der Waals surface area (Å²) in [6.07, 6.45) is 0.610. The third kappa shape index (κ3) is 4.77. The lowest BCUT2D eigenvalue weighted by molar-refractivity contribution is 0.164. The van der Waals surface area contributed by atoms with Crippen LogP contribution in [0.2, 0.25) is 0 Å². The lowest BCUT2D eigenvalue weighted by atomic mass is 9.95. The number of aryl methyl sites for hydroxylation is 1. The van der Waals surface area contributed by atoms with Crippen LogP contribution in [0.15, 0.2) is 65.6 Å². The summed E-state index contributed by atoms with van der Waals surface area (Å²) in [6, 6.07) is 18.5. The van der Waals surface area contributed by atoms with Gasteiger partial charge in [0.1, 0.15) is 0 Å². The van der Waals surface area contributed by atoms with Gasteiger partial charge in [-0.25, -0.2) is 0 Å². The molecular formula is C22H25NO4S. The topological polar surface area (TPSA) is 86.6 Å². The first-order valence-corrected chi connectivity index (χ1v) is 10.7. The SMILES string of the molecule is CNCc1ccccc1CCC(O)Cc1c(S(=O)(=O)O)ccc2ccccc12. The molecule has 3 rings (SSSR count). The molecule has 28 heavy (non-hydrogen) atoms. The highest BCUT2D eigenvalue weighted by atomic mass is 32.2. The Morgan fingerprint density at radius 3 is 2.36 bits per heavy atom. The highest BCUT2D eigenvalue weighted by Gasteiger charge is 2.20. The molecule has 0 fully saturated rings. The number of rotatable bonds is 8. The summed E-state index contributed by atoms with van der Waals surface area (Å²) in [5, 5.41) is 15.4. The van der Waals surface area contributed by atoms with E-state index in [0.29, 0.717) is 18.4 Å². The zero-order chi connectivity index (χ0) is 20.1. The van der Waals surface area contributed by atoms with Crippen molar-refractivity contribution in [1.82, 2.24) is 5.32 Å². The summed E-state index contributed by atoms with van der Waals surface area (Å²) in [5.41, 5.74) is 2.79. The molecule has 0 aliphatic heterocycles. The molecule has 0 spiro atoms. The molecule has 0 heterocycles. The molecule has 0 aliphatic rings. The van der Waals surface area contributed by atoms with Gasteiger partial charge >= 0.3 is 0 Å². The van der Waals surface area contributed by atoms with Crippen LogP contribution in [-0.2, 0) is 29.5 Å². The van der Waals surface area contributed by atoms with Crippen LogP contribution in [0.5, 0.6) is 0 Å². The molecule has 3 aromatic rings. The maximum absolute atomic E-state index is 11.8. The van der Waals surface area contributed by atoms with Crippen LogP contribution in [0, 0.1) is 0 Å². The van der Waals surface area contributed by atoms with Crippen molar-refractivity contribution in [3.63, 3.8) is 0 Å². The second kappa shape index (κ2) is 8.84. The molecule has 1 unspecified atom stereocenters. The van der Waals surface area contributed by atoms with Crippen molar-refractivity contribution in [3.05, 3.63) is 77.4 Å². The van der Waals surface area contributed by atoms with Crippen LogP contribution in [0.25, 0.3) is 10.8 Å². The Hall–Kier alpha value is -2.25. The summed E-state index contributed by atoms with van der Waals surface area (Å²) in [5.74, 6) is 0. The van der Waals surface area contributed by atoms with E-state index in [1.807, 2.05) is 49.5 Å². The Morgan fingerprint density at radius 2 is 1.64 bits per heavy atom. The number of hydrogen-bond donors (Lipinski definition) is 3. The lowest BCUT2D eigenvalue weighted by Crippen LogP contribution is -2.16. The molecule has 0 aromatic heterocycles. The van der Waals surface area contributed by atoms with Gasteiger partial charge in [-0.15, -0.1) is 0 Å². The van der Waals surface area contributed by atoms with Gasteiger partial charge < -0.3 is 10.4 Å². The number of hydrogen-bond acceptors (Lipinski definition) is 4. The van der Waals surface area contributed by atoms with E-state index in [2.05, 4.69) is 11.4 Å². The Morgan fingerprint density at radius 1 is 0.964 bits per heavy atom. The normalized spacial score (nSPS) is 13.0. The van der Waals surface area contributed by atoms with E-state index in [1.165, 1.54) is 11.6 Å². The van der Waals surface area contributed by atoms with Crippen LogP contribution in [0.3, 0.4) is 0 Å². The van der Waals surface area contributed by atoms with Crippen molar-refractivity contribution in [2.45, 2.75) is 36.8 Å². The van der Waals surface area contributed by atoms with E-state index < -0.39 is 16.2 Å². The fourth-order valence-electron chi connectivity index (χ4n) is 3.59. The van der Waals surface area contributed by atoms with Crippen LogP contribution >= 0.6 is 0 Å². The van der Waals surface area contributed by atoms with Crippen molar-refractivity contribution >= 4 is 20.9 Å². The molecule has 6 heteroatoms. The Bertz CT molecular complexity index is 1060. The summed E-state index contributed by atoms with van der Waals surface area (Å²) in [6.45, 7) is 0.752. The fraction of sp³-hybridized carbons (Fsp3) is 0.273. The lowest BCUT2D eigenvalue weighted by Gasteiger charge is -2.16. The monoisotopic (exact) mass is 399 g/mol. The Kier molecular flexibility index (Phi) is 6.46. The van der Waals surface area contributed by atoms with Crippen LogP contribution in [0.4, 0.5) is 0 Å². The average molecular weight is 400 g/mol. The van der Waals surface area contributed by atoms with E-state index in [-0.39, 0.29) is 11.3 Å². The van der Waals surface area contributed by atoms with Crippen molar-refractivity contribution in [1.29, 1.82) is 0 Å². The van der Waals surface area contributed by atoms with Gasteiger partial charge in [0.05, 0.1) is 11.0 Å². The highest BCUT2D eigenvalue weighted by molar-refractivity contribution is 7.85. The van der Waals surface area contributed by atoms with Crippen molar-refractivity contribution in [2.75, 3.05) is 7.05 Å². The van der Waals surface area contributed by atoms with Gasteiger partial charge in [-0.3, -0.25) is 4.55 Å². The maximum atomic E-state index is 11.8. The molecule has 0 amide bonds. The number of aliphatic hydroxyl groups is 1. The van der Waals surface area contributed by atoms with Gasteiger partial charge in [-0.2, -0.15) is 8.42 Å². The van der Waals surface area contributed by atoms with E-state index in [1.54, 1.807) is 6.07 Å². The second-order valence-corrected chi connectivity index (χ2v) is 8.32. The highest BCUT2D eigenvalue weighted by Crippen LogP contribution is 2.28. The molecule has 148 valence electrons. The molecule has 0 saturated heterocycles. The largest absolute Gasteiger partial charge is 0.393 e. The Balaban J connectivity index is 1.84. The molecule has 3 aromatic carbocycles. The molecular weight excluding hydrogens is 374 g/mol. The predicted octanol–water partition coefficient (Wildman–Crippen LogP) is 3.34. The standard InChI is InChI=1S/C22H25NO4S/c1-23-15-18-8-3-2-6-16(18)10-12-19(24)14-21-20-9-5-4-7-17(20)11-13-22(21)28(25,26)27/h2-9,11,13,19,23-24H,10,12,14-15H2,1H3,(H,25,26,27). The van der Waals surface area contributed by atoms with Gasteiger partial charge in [-0.05, 0) is 53.4 Å². The minimum absolute atomic E-state index is 0.138. The van der Waals surface area contributed by atoms with Crippen LogP contribution < -0.4 is 5.32 Å². The van der Waals surface area contributed by atoms with Crippen molar-refractivity contribution < 1.29 is 18.1 Å². The zero-order valence-electron chi connectivity index (χ0n) is 15.8. The molecule has 0 saturated carbocycles. The molecule has 0 bridgehead atoms. The van der Waals surface area contributed by atoms with E-state index in [4.69, 9.17) is 0 Å². The predicted molar refractivity (Wildman–Crippen MR) is 111 cm³/mol. The van der Waals surface area contributed by atoms with E-state index in [9.17, 15) is 18.1 Å². The van der Waals surface area contributed by atoms with E-state index >= 15 is 0 Å².